The van der Waals surface area contributed by atoms with Crippen molar-refractivity contribution in [1.29, 1.82) is 5.41 Å². The molecule has 0 aliphatic carbocycles. The van der Waals surface area contributed by atoms with Gasteiger partial charge in [0.25, 0.3) is 5.91 Å². The van der Waals surface area contributed by atoms with Crippen molar-refractivity contribution in [3.63, 3.8) is 0 Å². The first-order chi connectivity index (χ1) is 10.6. The fraction of sp³-hybridized carbons (Fsp3) is 0.333. The van der Waals surface area contributed by atoms with E-state index in [1.165, 1.54) is 19.3 Å². The average molecular weight is 306 g/mol. The highest BCUT2D eigenvalue weighted by Crippen LogP contribution is 2.26. The van der Waals surface area contributed by atoms with E-state index in [1.807, 2.05) is 0 Å². The Labute approximate surface area is 129 Å². The van der Waals surface area contributed by atoms with E-state index in [2.05, 4.69) is 10.6 Å². The molecule has 0 aliphatic heterocycles. The molecule has 0 aliphatic rings. The third-order valence-electron chi connectivity index (χ3n) is 2.81. The molecule has 1 rings (SSSR count). The van der Waals surface area contributed by atoms with Crippen molar-refractivity contribution in [3.05, 3.63) is 29.8 Å². The fourth-order valence-electron chi connectivity index (χ4n) is 1.66. The van der Waals surface area contributed by atoms with E-state index >= 15 is 0 Å². The van der Waals surface area contributed by atoms with Gasteiger partial charge in [-0.1, -0.05) is 6.07 Å². The Balaban J connectivity index is 2.45. The monoisotopic (exact) mass is 306 g/mol. The van der Waals surface area contributed by atoms with Crippen LogP contribution >= 0.6 is 0 Å². The number of unbranched alkanes of at least 4 members (excludes halogenated alkanes) is 1. The average Bonchev–Trinajstić information content (AvgIpc) is 2.50. The molecule has 1 aromatic rings. The number of phenolic OH excluding ortho intramolecular Hbond substituents is 1. The van der Waals surface area contributed by atoms with Gasteiger partial charge in [0.1, 0.15) is 0 Å². The third kappa shape index (κ3) is 6.27. The summed E-state index contributed by atoms with van der Waals surface area (Å²) in [6.07, 6.45) is 4.59. The zero-order chi connectivity index (χ0) is 16.4. The molecule has 0 fully saturated rings. The van der Waals surface area contributed by atoms with Gasteiger partial charge in [-0.05, 0) is 43.2 Å². The predicted octanol–water partition coefficient (Wildman–Crippen LogP) is 0.793. The maximum atomic E-state index is 11.7. The van der Waals surface area contributed by atoms with E-state index in [0.29, 0.717) is 24.4 Å². The van der Waals surface area contributed by atoms with Crippen LogP contribution in [0.15, 0.2) is 24.3 Å². The largest absolute Gasteiger partial charge is 0.504 e. The zero-order valence-electron chi connectivity index (χ0n) is 12.6. The number of phenols is 1. The number of nitrogens with one attached hydrogen (secondary N) is 3. The molecule has 0 atom stereocenters. The Hall–Kier alpha value is -2.54. The van der Waals surface area contributed by atoms with Crippen molar-refractivity contribution >= 4 is 17.9 Å². The predicted molar refractivity (Wildman–Crippen MR) is 85.9 cm³/mol. The lowest BCUT2D eigenvalue weighted by atomic mass is 10.2. The first-order valence-electron chi connectivity index (χ1n) is 6.95. The lowest BCUT2D eigenvalue weighted by Gasteiger charge is -2.07. The zero-order valence-corrected chi connectivity index (χ0v) is 12.6. The van der Waals surface area contributed by atoms with E-state index in [4.69, 9.17) is 15.9 Å². The van der Waals surface area contributed by atoms with Gasteiger partial charge in [-0.2, -0.15) is 0 Å². The summed E-state index contributed by atoms with van der Waals surface area (Å²) in [6, 6.07) is 4.74. The van der Waals surface area contributed by atoms with Crippen LogP contribution in [0.4, 0.5) is 0 Å². The molecule has 1 amide bonds. The van der Waals surface area contributed by atoms with Crippen molar-refractivity contribution in [2.75, 3.05) is 20.2 Å². The Kier molecular flexibility index (Phi) is 7.49. The highest BCUT2D eigenvalue weighted by molar-refractivity contribution is 6.02. The highest BCUT2D eigenvalue weighted by atomic mass is 16.5. The SMILES string of the molecule is COc1cc(/C=C/C(=O)NC(=N)NCCCCN)ccc1O. The molecular formula is C15H22N4O3. The number of aromatic hydroxyl groups is 1. The number of hydrogen-bond acceptors (Lipinski definition) is 5. The Morgan fingerprint density at radius 2 is 2.23 bits per heavy atom. The quantitative estimate of drug-likeness (QED) is 0.221. The standard InChI is InChI=1S/C15H22N4O3/c1-22-13-10-11(4-6-12(13)20)5-7-14(21)19-15(17)18-9-3-2-8-16/h4-7,10,20H,2-3,8-9,16H2,1H3,(H3,17,18,19,21)/b7-5+. The lowest BCUT2D eigenvalue weighted by molar-refractivity contribution is -0.115. The minimum absolute atomic E-state index is 0.0348. The molecule has 120 valence electrons. The van der Waals surface area contributed by atoms with E-state index in [9.17, 15) is 9.90 Å². The van der Waals surface area contributed by atoms with Crippen molar-refractivity contribution in [2.45, 2.75) is 12.8 Å². The van der Waals surface area contributed by atoms with Crippen LogP contribution in [0.2, 0.25) is 0 Å². The number of nitrogens with two attached hydrogens (primary N) is 1. The second-order valence-corrected chi connectivity index (χ2v) is 4.55. The molecule has 6 N–H and O–H groups in total. The van der Waals surface area contributed by atoms with Crippen LogP contribution in [-0.4, -0.2) is 37.2 Å². The van der Waals surface area contributed by atoms with Crippen molar-refractivity contribution in [2.24, 2.45) is 5.73 Å². The number of benzene rings is 1. The van der Waals surface area contributed by atoms with Gasteiger partial charge in [0.05, 0.1) is 7.11 Å². The number of amides is 1. The molecule has 22 heavy (non-hydrogen) atoms. The van der Waals surface area contributed by atoms with Crippen LogP contribution in [0.1, 0.15) is 18.4 Å². The number of carbonyl (C=O) groups excluding carboxylic acids is 1. The summed E-state index contributed by atoms with van der Waals surface area (Å²) in [4.78, 5) is 11.7. The van der Waals surface area contributed by atoms with Crippen LogP contribution in [0, 0.1) is 5.41 Å². The van der Waals surface area contributed by atoms with Gasteiger partial charge >= 0.3 is 0 Å². The second kappa shape index (κ2) is 9.41. The van der Waals surface area contributed by atoms with Crippen molar-refractivity contribution in [1.82, 2.24) is 10.6 Å². The molecule has 0 saturated heterocycles. The van der Waals surface area contributed by atoms with Gasteiger partial charge in [-0.15, -0.1) is 0 Å². The number of guanidine groups is 1. The molecular weight excluding hydrogens is 284 g/mol. The summed E-state index contributed by atoms with van der Waals surface area (Å²) in [6.45, 7) is 1.20. The second-order valence-electron chi connectivity index (χ2n) is 4.55. The van der Waals surface area contributed by atoms with E-state index in [0.717, 1.165) is 12.8 Å². The maximum absolute atomic E-state index is 11.7. The minimum Gasteiger partial charge on any atom is -0.504 e. The van der Waals surface area contributed by atoms with Gasteiger partial charge in [-0.3, -0.25) is 15.5 Å². The lowest BCUT2D eigenvalue weighted by Crippen LogP contribution is -2.39. The topological polar surface area (TPSA) is 120 Å². The summed E-state index contributed by atoms with van der Waals surface area (Å²) in [5.74, 6) is -0.0947. The van der Waals surface area contributed by atoms with Crippen LogP contribution in [0.5, 0.6) is 11.5 Å². The smallest absolute Gasteiger partial charge is 0.250 e. The van der Waals surface area contributed by atoms with Crippen LogP contribution in [0.3, 0.4) is 0 Å². The van der Waals surface area contributed by atoms with Crippen molar-refractivity contribution in [3.8, 4) is 11.5 Å². The summed E-state index contributed by atoms with van der Waals surface area (Å²) >= 11 is 0. The van der Waals surface area contributed by atoms with Gasteiger partial charge in [-0.25, -0.2) is 0 Å². The van der Waals surface area contributed by atoms with E-state index in [-0.39, 0.29) is 11.7 Å². The minimum atomic E-state index is -0.414. The summed E-state index contributed by atoms with van der Waals surface area (Å²) in [5, 5.41) is 22.2. The number of rotatable bonds is 7. The van der Waals surface area contributed by atoms with Crippen LogP contribution < -0.4 is 21.1 Å². The molecule has 7 nitrogen and oxygen atoms in total. The number of carbonyl (C=O) groups is 1. The van der Waals surface area contributed by atoms with E-state index in [1.54, 1.807) is 18.2 Å². The van der Waals surface area contributed by atoms with Gasteiger partial charge in [0.2, 0.25) is 0 Å². The third-order valence-corrected chi connectivity index (χ3v) is 2.81. The van der Waals surface area contributed by atoms with Crippen molar-refractivity contribution < 1.29 is 14.6 Å². The summed E-state index contributed by atoms with van der Waals surface area (Å²) in [5.41, 5.74) is 6.07. The summed E-state index contributed by atoms with van der Waals surface area (Å²) < 4.78 is 4.98. The van der Waals surface area contributed by atoms with Crippen LogP contribution in [-0.2, 0) is 4.79 Å². The van der Waals surface area contributed by atoms with E-state index < -0.39 is 5.91 Å². The molecule has 0 saturated carbocycles. The molecule has 0 radical (unpaired) electrons. The molecule has 1 aromatic carbocycles. The van der Waals surface area contributed by atoms with Gasteiger partial charge in [0, 0.05) is 12.6 Å². The molecule has 0 bridgehead atoms. The maximum Gasteiger partial charge on any atom is 0.250 e. The number of ether oxygens (including phenoxy) is 1. The molecule has 0 aromatic heterocycles. The van der Waals surface area contributed by atoms with Gasteiger partial charge < -0.3 is 20.9 Å². The molecule has 0 spiro atoms. The first-order valence-corrected chi connectivity index (χ1v) is 6.95. The fourth-order valence-corrected chi connectivity index (χ4v) is 1.66. The molecule has 0 heterocycles. The normalized spacial score (nSPS) is 10.5. The van der Waals surface area contributed by atoms with Gasteiger partial charge in [0.15, 0.2) is 17.5 Å². The number of methoxy groups -OCH3 is 1. The summed E-state index contributed by atoms with van der Waals surface area (Å²) in [7, 11) is 1.45. The Bertz CT molecular complexity index is 544. The molecule has 0 unspecified atom stereocenters. The number of hydrogen-bond donors (Lipinski definition) is 5. The van der Waals surface area contributed by atoms with Crippen LogP contribution in [0.25, 0.3) is 6.08 Å². The Morgan fingerprint density at radius 3 is 2.91 bits per heavy atom. The molecule has 7 heteroatoms. The first kappa shape index (κ1) is 17.5. The highest BCUT2D eigenvalue weighted by Gasteiger charge is 2.02. The Morgan fingerprint density at radius 1 is 1.45 bits per heavy atom.